The third kappa shape index (κ3) is 4.51. The Balaban J connectivity index is 1.69. The summed E-state index contributed by atoms with van der Waals surface area (Å²) < 4.78 is 34.0. The predicted molar refractivity (Wildman–Crippen MR) is 103 cm³/mol. The van der Waals surface area contributed by atoms with E-state index in [1.807, 2.05) is 0 Å². The average molecular weight is 454 g/mol. The number of nitrogens with one attached hydrogen (secondary N) is 1. The molecule has 5 nitrogen and oxygen atoms in total. The number of rotatable bonds is 7. The fourth-order valence-corrected chi connectivity index (χ4v) is 3.54. The summed E-state index contributed by atoms with van der Waals surface area (Å²) in [6.45, 7) is -0.158. The normalized spacial score (nSPS) is 14.9. The molecular weight excluding hydrogens is 436 g/mol. The number of ether oxygens (including phenoxy) is 1. The van der Waals surface area contributed by atoms with Gasteiger partial charge in [-0.1, -0.05) is 22.0 Å². The van der Waals surface area contributed by atoms with Gasteiger partial charge in [-0.15, -0.1) is 0 Å². The van der Waals surface area contributed by atoms with E-state index in [1.54, 1.807) is 12.1 Å². The molecule has 0 amide bonds. The molecule has 1 aliphatic carbocycles. The highest BCUT2D eigenvalue weighted by atomic mass is 79.9. The van der Waals surface area contributed by atoms with Crippen molar-refractivity contribution in [2.24, 2.45) is 0 Å². The molecule has 0 saturated heterocycles. The van der Waals surface area contributed by atoms with Gasteiger partial charge in [-0.2, -0.15) is 0 Å². The van der Waals surface area contributed by atoms with Gasteiger partial charge in [-0.05, 0) is 49.1 Å². The number of carboxylic acid groups (broad SMARTS) is 1. The van der Waals surface area contributed by atoms with E-state index >= 15 is 0 Å². The predicted octanol–water partition coefficient (Wildman–Crippen LogP) is 4.60. The number of anilines is 1. The highest BCUT2D eigenvalue weighted by molar-refractivity contribution is 9.10. The molecule has 0 radical (unpaired) electrons. The van der Waals surface area contributed by atoms with Crippen LogP contribution in [-0.4, -0.2) is 22.4 Å². The molecule has 8 heteroatoms. The van der Waals surface area contributed by atoms with E-state index in [0.717, 1.165) is 6.07 Å². The number of aliphatic carboxylic acids is 1. The van der Waals surface area contributed by atoms with Crippen LogP contribution in [0, 0.1) is 11.6 Å². The van der Waals surface area contributed by atoms with Crippen molar-refractivity contribution in [2.45, 2.75) is 32.1 Å². The van der Waals surface area contributed by atoms with Gasteiger partial charge in [-0.3, -0.25) is 0 Å². The van der Waals surface area contributed by atoms with Crippen LogP contribution in [0.2, 0.25) is 0 Å². The molecule has 0 aliphatic heterocycles. The highest BCUT2D eigenvalue weighted by Crippen LogP contribution is 2.30. The quantitative estimate of drug-likeness (QED) is 0.533. The Morgan fingerprint density at radius 2 is 2.00 bits per heavy atom. The van der Waals surface area contributed by atoms with Crippen LogP contribution < -0.4 is 10.1 Å². The maximum absolute atomic E-state index is 14.3. The Kier molecular flexibility index (Phi) is 6.31. The second-order valence-electron chi connectivity index (χ2n) is 6.34. The standard InChI is InChI=1S/C20H18BrF2NO4/c21-15-5-2-6-16(22)14(15)10-28-18-8-7-11(9-17(18)23)24-19(25)12-3-1-4-13(12)20(26)27/h2,5-9,19,24-25H,1,3-4,10H2,(H,26,27). The van der Waals surface area contributed by atoms with Gasteiger partial charge < -0.3 is 20.3 Å². The van der Waals surface area contributed by atoms with Gasteiger partial charge in [0.15, 0.2) is 11.6 Å². The minimum Gasteiger partial charge on any atom is -0.486 e. The Labute approximate surface area is 168 Å². The maximum Gasteiger partial charge on any atom is 0.331 e. The Morgan fingerprint density at radius 3 is 2.68 bits per heavy atom. The van der Waals surface area contributed by atoms with Crippen molar-refractivity contribution in [2.75, 3.05) is 5.32 Å². The number of hydrogen-bond acceptors (Lipinski definition) is 4. The molecule has 0 bridgehead atoms. The van der Waals surface area contributed by atoms with E-state index < -0.39 is 23.8 Å². The molecule has 2 aromatic rings. The first-order valence-electron chi connectivity index (χ1n) is 8.62. The van der Waals surface area contributed by atoms with Gasteiger partial charge in [0.2, 0.25) is 0 Å². The van der Waals surface area contributed by atoms with Crippen LogP contribution in [0.25, 0.3) is 0 Å². The molecule has 3 N–H and O–H groups in total. The molecule has 2 aromatic carbocycles. The van der Waals surface area contributed by atoms with Crippen molar-refractivity contribution in [1.29, 1.82) is 0 Å². The maximum atomic E-state index is 14.3. The van der Waals surface area contributed by atoms with Crippen LogP contribution in [0.4, 0.5) is 14.5 Å². The van der Waals surface area contributed by atoms with E-state index in [1.165, 1.54) is 18.2 Å². The Morgan fingerprint density at radius 1 is 1.21 bits per heavy atom. The second kappa shape index (κ2) is 8.70. The van der Waals surface area contributed by atoms with Crippen molar-refractivity contribution >= 4 is 27.6 Å². The number of carboxylic acids is 1. The highest BCUT2D eigenvalue weighted by Gasteiger charge is 2.25. The van der Waals surface area contributed by atoms with Crippen LogP contribution in [0.5, 0.6) is 5.75 Å². The number of benzene rings is 2. The van der Waals surface area contributed by atoms with Crippen molar-refractivity contribution in [3.63, 3.8) is 0 Å². The number of aliphatic hydroxyl groups is 1. The molecule has 0 saturated carbocycles. The third-order valence-electron chi connectivity index (χ3n) is 4.52. The van der Waals surface area contributed by atoms with Crippen LogP contribution in [0.15, 0.2) is 52.0 Å². The zero-order valence-corrected chi connectivity index (χ0v) is 16.3. The van der Waals surface area contributed by atoms with E-state index in [9.17, 15) is 18.7 Å². The molecule has 0 fully saturated rings. The topological polar surface area (TPSA) is 78.8 Å². The summed E-state index contributed by atoms with van der Waals surface area (Å²) in [5.74, 6) is -2.28. The summed E-state index contributed by atoms with van der Waals surface area (Å²) in [7, 11) is 0. The smallest absolute Gasteiger partial charge is 0.331 e. The Hall–Kier alpha value is -2.45. The van der Waals surface area contributed by atoms with E-state index in [2.05, 4.69) is 21.2 Å². The van der Waals surface area contributed by atoms with E-state index in [4.69, 9.17) is 9.84 Å². The van der Waals surface area contributed by atoms with Gasteiger partial charge in [0.1, 0.15) is 18.7 Å². The number of carbonyl (C=O) groups is 1. The lowest BCUT2D eigenvalue weighted by Gasteiger charge is -2.17. The fraction of sp³-hybridized carbons (Fsp3) is 0.250. The molecule has 1 unspecified atom stereocenters. The summed E-state index contributed by atoms with van der Waals surface area (Å²) in [4.78, 5) is 11.2. The zero-order chi connectivity index (χ0) is 20.3. The SMILES string of the molecule is O=C(O)C1=C(C(O)Nc2ccc(OCc3c(F)cccc3Br)c(F)c2)CCC1. The van der Waals surface area contributed by atoms with Crippen LogP contribution in [0.1, 0.15) is 24.8 Å². The molecular formula is C20H18BrF2NO4. The van der Waals surface area contributed by atoms with E-state index in [-0.39, 0.29) is 29.2 Å². The van der Waals surface area contributed by atoms with Crippen LogP contribution >= 0.6 is 15.9 Å². The van der Waals surface area contributed by atoms with Gasteiger partial charge in [-0.25, -0.2) is 13.6 Å². The third-order valence-corrected chi connectivity index (χ3v) is 5.26. The van der Waals surface area contributed by atoms with Gasteiger partial charge in [0.05, 0.1) is 0 Å². The molecule has 0 heterocycles. The van der Waals surface area contributed by atoms with Gasteiger partial charge in [0, 0.05) is 27.4 Å². The van der Waals surface area contributed by atoms with Crippen molar-refractivity contribution in [3.05, 3.63) is 69.2 Å². The minimum atomic E-state index is -1.21. The largest absolute Gasteiger partial charge is 0.486 e. The first-order valence-corrected chi connectivity index (χ1v) is 9.41. The molecule has 0 spiro atoms. The first kappa shape index (κ1) is 20.3. The Bertz CT molecular complexity index is 912. The van der Waals surface area contributed by atoms with Crippen molar-refractivity contribution in [1.82, 2.24) is 0 Å². The summed E-state index contributed by atoms with van der Waals surface area (Å²) >= 11 is 3.23. The molecule has 148 valence electrons. The monoisotopic (exact) mass is 453 g/mol. The van der Waals surface area contributed by atoms with Gasteiger partial charge >= 0.3 is 5.97 Å². The lowest BCUT2D eigenvalue weighted by atomic mass is 10.1. The number of halogens is 3. The number of aliphatic hydroxyl groups excluding tert-OH is 1. The number of hydrogen-bond donors (Lipinski definition) is 3. The summed E-state index contributed by atoms with van der Waals surface area (Å²) in [6, 6.07) is 8.48. The lowest BCUT2D eigenvalue weighted by Crippen LogP contribution is -2.22. The molecule has 1 atom stereocenters. The van der Waals surface area contributed by atoms with Crippen LogP contribution in [0.3, 0.4) is 0 Å². The van der Waals surface area contributed by atoms with Crippen molar-refractivity contribution in [3.8, 4) is 5.75 Å². The van der Waals surface area contributed by atoms with Crippen molar-refractivity contribution < 1.29 is 28.5 Å². The second-order valence-corrected chi connectivity index (χ2v) is 7.20. The molecule has 28 heavy (non-hydrogen) atoms. The minimum absolute atomic E-state index is 0.0681. The summed E-state index contributed by atoms with van der Waals surface area (Å²) in [5.41, 5.74) is 1.14. The zero-order valence-electron chi connectivity index (χ0n) is 14.7. The molecule has 0 aromatic heterocycles. The van der Waals surface area contributed by atoms with Crippen LogP contribution in [-0.2, 0) is 11.4 Å². The fourth-order valence-electron chi connectivity index (χ4n) is 3.09. The summed E-state index contributed by atoms with van der Waals surface area (Å²) in [6.07, 6.45) is 0.310. The summed E-state index contributed by atoms with van der Waals surface area (Å²) in [5, 5.41) is 22.1. The average Bonchev–Trinajstić information content (AvgIpc) is 3.13. The molecule has 1 aliphatic rings. The van der Waals surface area contributed by atoms with Gasteiger partial charge in [0.25, 0.3) is 0 Å². The first-order chi connectivity index (χ1) is 13.4. The lowest BCUT2D eigenvalue weighted by molar-refractivity contribution is -0.132. The van der Waals surface area contributed by atoms with E-state index in [0.29, 0.717) is 29.3 Å². The molecule has 3 rings (SSSR count).